The van der Waals surface area contributed by atoms with E-state index in [4.69, 9.17) is 20.9 Å². The van der Waals surface area contributed by atoms with E-state index in [2.05, 4.69) is 0 Å². The Labute approximate surface area is 119 Å². The number of nitrogen functional groups attached to an aromatic ring is 1. The lowest BCUT2D eigenvalue weighted by Crippen LogP contribution is -2.11. The Morgan fingerprint density at radius 1 is 1.14 bits per heavy atom. The zero-order valence-corrected chi connectivity index (χ0v) is 11.0. The van der Waals surface area contributed by atoms with E-state index in [1.54, 1.807) is 0 Å². The van der Waals surface area contributed by atoms with Gasteiger partial charge in [0.1, 0.15) is 0 Å². The Morgan fingerprint density at radius 3 is 2.48 bits per heavy atom. The SMILES string of the molecule is COc1cc(C(N)=O)ccc1Oc1c(N)ccc(F)c1F. The number of halogens is 2. The van der Waals surface area contributed by atoms with Crippen LogP contribution in [0, 0.1) is 11.6 Å². The lowest BCUT2D eigenvalue weighted by molar-refractivity contribution is 0.1000. The Kier molecular flexibility index (Phi) is 3.93. The van der Waals surface area contributed by atoms with Gasteiger partial charge in [0.25, 0.3) is 0 Å². The van der Waals surface area contributed by atoms with Crippen molar-refractivity contribution >= 4 is 11.6 Å². The minimum atomic E-state index is -1.21. The van der Waals surface area contributed by atoms with Gasteiger partial charge in [0.15, 0.2) is 23.1 Å². The van der Waals surface area contributed by atoms with Crippen LogP contribution in [0.5, 0.6) is 17.2 Å². The average Bonchev–Trinajstić information content (AvgIpc) is 2.47. The van der Waals surface area contributed by atoms with Crippen LogP contribution in [0.2, 0.25) is 0 Å². The smallest absolute Gasteiger partial charge is 0.248 e. The summed E-state index contributed by atoms with van der Waals surface area (Å²) in [5, 5.41) is 0. The summed E-state index contributed by atoms with van der Waals surface area (Å²) in [6.07, 6.45) is 0. The van der Waals surface area contributed by atoms with E-state index in [1.165, 1.54) is 31.4 Å². The third-order valence-corrected chi connectivity index (χ3v) is 2.74. The van der Waals surface area contributed by atoms with Crippen LogP contribution in [-0.4, -0.2) is 13.0 Å². The van der Waals surface area contributed by atoms with E-state index >= 15 is 0 Å². The minimum absolute atomic E-state index is 0.0682. The maximum Gasteiger partial charge on any atom is 0.248 e. The van der Waals surface area contributed by atoms with Crippen molar-refractivity contribution in [1.29, 1.82) is 0 Å². The van der Waals surface area contributed by atoms with Crippen LogP contribution >= 0.6 is 0 Å². The Bertz CT molecular complexity index is 705. The molecule has 5 nitrogen and oxygen atoms in total. The molecule has 0 bridgehead atoms. The second-order valence-corrected chi connectivity index (χ2v) is 4.11. The molecule has 4 N–H and O–H groups in total. The molecule has 0 saturated heterocycles. The number of methoxy groups -OCH3 is 1. The molecule has 0 heterocycles. The third-order valence-electron chi connectivity index (χ3n) is 2.74. The van der Waals surface area contributed by atoms with E-state index < -0.39 is 23.3 Å². The van der Waals surface area contributed by atoms with Crippen molar-refractivity contribution < 1.29 is 23.0 Å². The molecule has 0 radical (unpaired) electrons. The monoisotopic (exact) mass is 294 g/mol. The number of hydrogen-bond donors (Lipinski definition) is 2. The lowest BCUT2D eigenvalue weighted by atomic mass is 10.2. The van der Waals surface area contributed by atoms with Gasteiger partial charge in [0, 0.05) is 5.56 Å². The number of primary amides is 1. The highest BCUT2D eigenvalue weighted by molar-refractivity contribution is 5.93. The number of benzene rings is 2. The van der Waals surface area contributed by atoms with E-state index in [-0.39, 0.29) is 22.7 Å². The van der Waals surface area contributed by atoms with Gasteiger partial charge < -0.3 is 20.9 Å². The highest BCUT2D eigenvalue weighted by Gasteiger charge is 2.17. The second-order valence-electron chi connectivity index (χ2n) is 4.11. The standard InChI is InChI=1S/C14H12F2N2O3/c1-20-11-6-7(14(18)19)2-5-10(11)21-13-9(17)4-3-8(15)12(13)16/h2-6H,17H2,1H3,(H2,18,19). The van der Waals surface area contributed by atoms with Gasteiger partial charge >= 0.3 is 0 Å². The maximum absolute atomic E-state index is 13.7. The van der Waals surface area contributed by atoms with Gasteiger partial charge in [-0.3, -0.25) is 4.79 Å². The quantitative estimate of drug-likeness (QED) is 0.848. The molecule has 21 heavy (non-hydrogen) atoms. The van der Waals surface area contributed by atoms with Crippen LogP contribution in [-0.2, 0) is 0 Å². The number of amides is 1. The van der Waals surface area contributed by atoms with Gasteiger partial charge in [-0.05, 0) is 30.3 Å². The summed E-state index contributed by atoms with van der Waals surface area (Å²) in [4.78, 5) is 11.1. The molecule has 0 aromatic heterocycles. The summed E-state index contributed by atoms with van der Waals surface area (Å²) in [6, 6.07) is 6.12. The lowest BCUT2D eigenvalue weighted by Gasteiger charge is -2.13. The molecule has 2 aromatic rings. The summed E-state index contributed by atoms with van der Waals surface area (Å²) in [6.45, 7) is 0. The molecule has 110 valence electrons. The van der Waals surface area contributed by atoms with E-state index in [9.17, 15) is 13.6 Å². The van der Waals surface area contributed by atoms with Gasteiger partial charge in [0.2, 0.25) is 11.7 Å². The first kappa shape index (κ1) is 14.6. The van der Waals surface area contributed by atoms with Crippen molar-refractivity contribution in [1.82, 2.24) is 0 Å². The fraction of sp³-hybridized carbons (Fsp3) is 0.0714. The van der Waals surface area contributed by atoms with Gasteiger partial charge in [-0.1, -0.05) is 0 Å². The Morgan fingerprint density at radius 2 is 1.86 bits per heavy atom. The first-order valence-electron chi connectivity index (χ1n) is 5.83. The molecular formula is C14H12F2N2O3. The zero-order valence-electron chi connectivity index (χ0n) is 11.0. The molecule has 0 saturated carbocycles. The summed E-state index contributed by atoms with van der Waals surface area (Å²) in [5.41, 5.74) is 10.8. The fourth-order valence-corrected chi connectivity index (χ4v) is 1.67. The molecule has 0 atom stereocenters. The second kappa shape index (κ2) is 5.66. The maximum atomic E-state index is 13.7. The van der Waals surface area contributed by atoms with Crippen molar-refractivity contribution in [2.45, 2.75) is 0 Å². The molecular weight excluding hydrogens is 282 g/mol. The number of nitrogens with two attached hydrogens (primary N) is 2. The summed E-state index contributed by atoms with van der Waals surface area (Å²) in [5.74, 6) is -3.22. The molecule has 1 amide bonds. The topological polar surface area (TPSA) is 87.6 Å². The van der Waals surface area contributed by atoms with Crippen molar-refractivity contribution in [3.8, 4) is 17.2 Å². The largest absolute Gasteiger partial charge is 0.493 e. The van der Waals surface area contributed by atoms with Crippen LogP contribution in [0.25, 0.3) is 0 Å². The first-order valence-corrected chi connectivity index (χ1v) is 5.83. The molecule has 0 aliphatic rings. The average molecular weight is 294 g/mol. The van der Waals surface area contributed by atoms with Crippen molar-refractivity contribution in [2.24, 2.45) is 5.73 Å². The van der Waals surface area contributed by atoms with Crippen LogP contribution in [0.1, 0.15) is 10.4 Å². The normalized spacial score (nSPS) is 10.2. The summed E-state index contributed by atoms with van der Waals surface area (Å²) in [7, 11) is 1.33. The zero-order chi connectivity index (χ0) is 15.6. The molecule has 7 heteroatoms. The molecule has 2 rings (SSSR count). The summed E-state index contributed by atoms with van der Waals surface area (Å²) >= 11 is 0. The minimum Gasteiger partial charge on any atom is -0.493 e. The molecule has 0 fully saturated rings. The van der Waals surface area contributed by atoms with Crippen molar-refractivity contribution in [2.75, 3.05) is 12.8 Å². The number of anilines is 1. The predicted octanol–water partition coefficient (Wildman–Crippen LogP) is 2.45. The predicted molar refractivity (Wildman–Crippen MR) is 72.4 cm³/mol. The highest BCUT2D eigenvalue weighted by Crippen LogP contribution is 2.36. The third kappa shape index (κ3) is 2.86. The van der Waals surface area contributed by atoms with E-state index in [0.717, 1.165) is 6.07 Å². The molecule has 0 unspecified atom stereocenters. The van der Waals surface area contributed by atoms with E-state index in [1.807, 2.05) is 0 Å². The summed E-state index contributed by atoms with van der Waals surface area (Å²) < 4.78 is 37.2. The van der Waals surface area contributed by atoms with Crippen LogP contribution in [0.3, 0.4) is 0 Å². The van der Waals surface area contributed by atoms with Crippen molar-refractivity contribution in [3.05, 3.63) is 47.5 Å². The van der Waals surface area contributed by atoms with Crippen LogP contribution in [0.15, 0.2) is 30.3 Å². The first-order chi connectivity index (χ1) is 9.93. The number of rotatable bonds is 4. The van der Waals surface area contributed by atoms with Gasteiger partial charge in [-0.25, -0.2) is 4.39 Å². The van der Waals surface area contributed by atoms with Gasteiger partial charge in [0.05, 0.1) is 12.8 Å². The molecule has 0 spiro atoms. The Hall–Kier alpha value is -2.83. The fourth-order valence-electron chi connectivity index (χ4n) is 1.67. The number of carbonyl (C=O) groups excluding carboxylic acids is 1. The van der Waals surface area contributed by atoms with Crippen LogP contribution in [0.4, 0.5) is 14.5 Å². The number of carbonyl (C=O) groups is 1. The van der Waals surface area contributed by atoms with E-state index in [0.29, 0.717) is 0 Å². The molecule has 0 aliphatic heterocycles. The highest BCUT2D eigenvalue weighted by atomic mass is 19.2. The number of hydrogen-bond acceptors (Lipinski definition) is 4. The van der Waals surface area contributed by atoms with Gasteiger partial charge in [-0.2, -0.15) is 4.39 Å². The van der Waals surface area contributed by atoms with Gasteiger partial charge in [-0.15, -0.1) is 0 Å². The molecule has 2 aromatic carbocycles. The Balaban J connectivity index is 2.45. The van der Waals surface area contributed by atoms with Crippen LogP contribution < -0.4 is 20.9 Å². The van der Waals surface area contributed by atoms with Crippen molar-refractivity contribution in [3.63, 3.8) is 0 Å². The molecule has 0 aliphatic carbocycles. The number of ether oxygens (including phenoxy) is 2.